The lowest BCUT2D eigenvalue weighted by Crippen LogP contribution is -1.86. The van der Waals surface area contributed by atoms with Crippen LogP contribution >= 0.6 is 11.3 Å². The van der Waals surface area contributed by atoms with Gasteiger partial charge in [-0.15, -0.1) is 11.3 Å². The summed E-state index contributed by atoms with van der Waals surface area (Å²) in [5.74, 6) is 0.593. The van der Waals surface area contributed by atoms with E-state index in [1.165, 1.54) is 4.70 Å². The van der Waals surface area contributed by atoms with Crippen molar-refractivity contribution in [3.05, 3.63) is 29.6 Å². The standard InChI is InChI=1S/C9H6O2S/c10-6-11-8-1-2-9-7(5-8)3-4-12-9/h1-6H. The highest BCUT2D eigenvalue weighted by Gasteiger charge is 1.96. The van der Waals surface area contributed by atoms with Gasteiger partial charge in [0.05, 0.1) is 0 Å². The molecule has 1 heterocycles. The van der Waals surface area contributed by atoms with E-state index in [2.05, 4.69) is 0 Å². The van der Waals surface area contributed by atoms with Gasteiger partial charge in [0.1, 0.15) is 5.75 Å². The van der Waals surface area contributed by atoms with Gasteiger partial charge in [0.2, 0.25) is 0 Å². The average Bonchev–Trinajstić information content (AvgIpc) is 2.51. The predicted molar refractivity (Wildman–Crippen MR) is 48.5 cm³/mol. The summed E-state index contributed by atoms with van der Waals surface area (Å²) in [7, 11) is 0. The van der Waals surface area contributed by atoms with Gasteiger partial charge < -0.3 is 4.74 Å². The van der Waals surface area contributed by atoms with Gasteiger partial charge in [-0.05, 0) is 35.0 Å². The van der Waals surface area contributed by atoms with Gasteiger partial charge in [-0.1, -0.05) is 0 Å². The van der Waals surface area contributed by atoms with Crippen molar-refractivity contribution >= 4 is 27.9 Å². The molecule has 0 fully saturated rings. The molecule has 0 N–H and O–H groups in total. The molecule has 0 aliphatic heterocycles. The van der Waals surface area contributed by atoms with Gasteiger partial charge in [-0.3, -0.25) is 4.79 Å². The maximum absolute atomic E-state index is 10.0. The number of benzene rings is 1. The number of hydrogen-bond acceptors (Lipinski definition) is 3. The van der Waals surface area contributed by atoms with Crippen molar-refractivity contribution in [2.45, 2.75) is 0 Å². The Morgan fingerprint density at radius 1 is 1.33 bits per heavy atom. The minimum atomic E-state index is 0.438. The Morgan fingerprint density at radius 2 is 2.25 bits per heavy atom. The highest BCUT2D eigenvalue weighted by atomic mass is 32.1. The number of rotatable bonds is 2. The average molecular weight is 178 g/mol. The molecule has 1 aromatic heterocycles. The first kappa shape index (κ1) is 7.31. The van der Waals surface area contributed by atoms with Crippen molar-refractivity contribution in [3.63, 3.8) is 0 Å². The topological polar surface area (TPSA) is 26.3 Å². The van der Waals surface area contributed by atoms with E-state index in [1.807, 2.05) is 23.6 Å². The summed E-state index contributed by atoms with van der Waals surface area (Å²) < 4.78 is 5.91. The van der Waals surface area contributed by atoms with Gasteiger partial charge in [0, 0.05) is 4.70 Å². The highest BCUT2D eigenvalue weighted by Crippen LogP contribution is 2.24. The van der Waals surface area contributed by atoms with Crippen molar-refractivity contribution in [3.8, 4) is 5.75 Å². The molecule has 2 aromatic rings. The summed E-state index contributed by atoms with van der Waals surface area (Å²) >= 11 is 1.67. The Labute approximate surface area is 73.4 Å². The molecular formula is C9H6O2S. The fourth-order valence-electron chi connectivity index (χ4n) is 1.07. The van der Waals surface area contributed by atoms with E-state index in [4.69, 9.17) is 4.74 Å². The molecule has 2 nitrogen and oxygen atoms in total. The van der Waals surface area contributed by atoms with Crippen LogP contribution in [0.2, 0.25) is 0 Å². The summed E-state index contributed by atoms with van der Waals surface area (Å²) in [6, 6.07) is 7.57. The number of carbonyl (C=O) groups is 1. The molecular weight excluding hydrogens is 172 g/mol. The minimum Gasteiger partial charge on any atom is -0.429 e. The van der Waals surface area contributed by atoms with E-state index in [1.54, 1.807) is 17.4 Å². The first-order chi connectivity index (χ1) is 5.90. The second kappa shape index (κ2) is 2.95. The Hall–Kier alpha value is -1.35. The van der Waals surface area contributed by atoms with Crippen LogP contribution in [0.4, 0.5) is 0 Å². The molecule has 3 heteroatoms. The number of hydrogen-bond donors (Lipinski definition) is 0. The molecule has 0 aliphatic rings. The van der Waals surface area contributed by atoms with Crippen LogP contribution < -0.4 is 4.74 Å². The Kier molecular flexibility index (Phi) is 1.80. The van der Waals surface area contributed by atoms with Gasteiger partial charge in [-0.2, -0.15) is 0 Å². The van der Waals surface area contributed by atoms with Gasteiger partial charge in [-0.25, -0.2) is 0 Å². The van der Waals surface area contributed by atoms with Gasteiger partial charge >= 0.3 is 0 Å². The first-order valence-corrected chi connectivity index (χ1v) is 4.36. The molecule has 2 rings (SSSR count). The molecule has 0 bridgehead atoms. The van der Waals surface area contributed by atoms with Crippen molar-refractivity contribution < 1.29 is 9.53 Å². The van der Waals surface area contributed by atoms with Crippen LogP contribution in [-0.2, 0) is 4.79 Å². The van der Waals surface area contributed by atoms with Gasteiger partial charge in [0.15, 0.2) is 0 Å². The molecule has 0 radical (unpaired) electrons. The van der Waals surface area contributed by atoms with Crippen LogP contribution in [0.25, 0.3) is 10.1 Å². The third-order valence-electron chi connectivity index (χ3n) is 1.61. The zero-order chi connectivity index (χ0) is 8.39. The maximum atomic E-state index is 10.0. The highest BCUT2D eigenvalue weighted by molar-refractivity contribution is 7.17. The van der Waals surface area contributed by atoms with Crippen LogP contribution in [0.1, 0.15) is 0 Å². The summed E-state index contributed by atoms with van der Waals surface area (Å²) in [4.78, 5) is 10.0. The van der Waals surface area contributed by atoms with Crippen LogP contribution in [0.3, 0.4) is 0 Å². The first-order valence-electron chi connectivity index (χ1n) is 3.48. The number of thiophene rings is 1. The second-order valence-corrected chi connectivity index (χ2v) is 3.28. The minimum absolute atomic E-state index is 0.438. The lowest BCUT2D eigenvalue weighted by Gasteiger charge is -1.95. The quantitative estimate of drug-likeness (QED) is 0.660. The molecule has 1 aromatic carbocycles. The van der Waals surface area contributed by atoms with Crippen LogP contribution in [0.5, 0.6) is 5.75 Å². The molecule has 0 aliphatic carbocycles. The molecule has 60 valence electrons. The summed E-state index contributed by atoms with van der Waals surface area (Å²) in [6.07, 6.45) is 0. The zero-order valence-corrected chi connectivity index (χ0v) is 7.01. The predicted octanol–water partition coefficient (Wildman–Crippen LogP) is 2.44. The second-order valence-electron chi connectivity index (χ2n) is 2.33. The van der Waals surface area contributed by atoms with E-state index in [0.717, 1.165) is 5.39 Å². The van der Waals surface area contributed by atoms with E-state index in [-0.39, 0.29) is 0 Å². The molecule has 0 unspecified atom stereocenters. The number of fused-ring (bicyclic) bond motifs is 1. The Bertz CT molecular complexity index is 406. The lowest BCUT2D eigenvalue weighted by atomic mass is 10.2. The van der Waals surface area contributed by atoms with E-state index in [9.17, 15) is 4.79 Å². The van der Waals surface area contributed by atoms with Crippen molar-refractivity contribution in [2.24, 2.45) is 0 Å². The largest absolute Gasteiger partial charge is 0.429 e. The van der Waals surface area contributed by atoms with E-state index >= 15 is 0 Å². The molecule has 0 saturated carbocycles. The Morgan fingerprint density at radius 3 is 3.08 bits per heavy atom. The third kappa shape index (κ3) is 1.19. The number of ether oxygens (including phenoxy) is 1. The van der Waals surface area contributed by atoms with Crippen LogP contribution in [-0.4, -0.2) is 6.47 Å². The maximum Gasteiger partial charge on any atom is 0.298 e. The molecule has 0 atom stereocenters. The van der Waals surface area contributed by atoms with E-state index in [0.29, 0.717) is 12.2 Å². The van der Waals surface area contributed by atoms with Crippen LogP contribution in [0, 0.1) is 0 Å². The fourth-order valence-corrected chi connectivity index (χ4v) is 1.84. The molecule has 12 heavy (non-hydrogen) atoms. The van der Waals surface area contributed by atoms with E-state index < -0.39 is 0 Å². The molecule has 0 spiro atoms. The third-order valence-corrected chi connectivity index (χ3v) is 2.51. The monoisotopic (exact) mass is 178 g/mol. The summed E-state index contributed by atoms with van der Waals surface area (Å²) in [5.41, 5.74) is 0. The number of carbonyl (C=O) groups excluding carboxylic acids is 1. The van der Waals surface area contributed by atoms with Crippen molar-refractivity contribution in [1.29, 1.82) is 0 Å². The van der Waals surface area contributed by atoms with Crippen molar-refractivity contribution in [1.82, 2.24) is 0 Å². The van der Waals surface area contributed by atoms with Gasteiger partial charge in [0.25, 0.3) is 6.47 Å². The molecule has 0 amide bonds. The zero-order valence-electron chi connectivity index (χ0n) is 6.19. The fraction of sp³-hybridized carbons (Fsp3) is 0. The summed E-state index contributed by atoms with van der Waals surface area (Å²) in [6.45, 7) is 0.438. The SMILES string of the molecule is O=COc1ccc2sccc2c1. The smallest absolute Gasteiger partial charge is 0.298 e. The Balaban J connectivity index is 2.52. The summed E-state index contributed by atoms with van der Waals surface area (Å²) in [5, 5.41) is 3.12. The normalized spacial score (nSPS) is 10.0. The van der Waals surface area contributed by atoms with Crippen LogP contribution in [0.15, 0.2) is 29.6 Å². The lowest BCUT2D eigenvalue weighted by molar-refractivity contribution is -0.120. The molecule has 0 saturated heterocycles. The van der Waals surface area contributed by atoms with Crippen molar-refractivity contribution in [2.75, 3.05) is 0 Å².